The third-order valence-electron chi connectivity index (χ3n) is 5.18. The van der Waals surface area contributed by atoms with E-state index >= 15 is 0 Å². The molecule has 0 bridgehead atoms. The van der Waals surface area contributed by atoms with E-state index in [0.717, 1.165) is 18.4 Å². The molecule has 0 spiro atoms. The highest BCUT2D eigenvalue weighted by Crippen LogP contribution is 2.30. The Balaban J connectivity index is 1.44. The minimum atomic E-state index is -3.71. The number of hydrogen-bond donors (Lipinski definition) is 1. The number of aromatic nitrogens is 1. The summed E-state index contributed by atoms with van der Waals surface area (Å²) in [6.45, 7) is 1.18. The van der Waals surface area contributed by atoms with Crippen LogP contribution in [0.5, 0.6) is 0 Å². The Bertz CT molecular complexity index is 1010. The summed E-state index contributed by atoms with van der Waals surface area (Å²) in [6, 6.07) is 10.6. The second-order valence-corrected chi connectivity index (χ2v) is 8.68. The van der Waals surface area contributed by atoms with Gasteiger partial charge in [0.25, 0.3) is 10.0 Å². The van der Waals surface area contributed by atoms with Crippen LogP contribution in [-0.4, -0.2) is 43.1 Å². The first kappa shape index (κ1) is 18.6. The Morgan fingerprint density at radius 3 is 2.79 bits per heavy atom. The average Bonchev–Trinajstić information content (AvgIpc) is 2.72. The van der Waals surface area contributed by atoms with Gasteiger partial charge in [0.15, 0.2) is 0 Å². The lowest BCUT2D eigenvalue weighted by atomic mass is 9.96. The van der Waals surface area contributed by atoms with Crippen molar-refractivity contribution in [2.45, 2.75) is 30.6 Å². The van der Waals surface area contributed by atoms with Crippen molar-refractivity contribution in [3.8, 4) is 0 Å². The highest BCUT2D eigenvalue weighted by Gasteiger charge is 2.32. The van der Waals surface area contributed by atoms with Crippen molar-refractivity contribution in [3.63, 3.8) is 0 Å². The monoisotopic (exact) mass is 398 g/mol. The maximum absolute atomic E-state index is 12.7. The molecule has 146 valence electrons. The molecule has 2 aliphatic rings. The molecule has 0 saturated carbocycles. The van der Waals surface area contributed by atoms with Crippen LogP contribution in [0.4, 0.5) is 5.69 Å². The van der Waals surface area contributed by atoms with Crippen molar-refractivity contribution < 1.29 is 13.2 Å². The number of benzene rings is 1. The first-order valence-corrected chi connectivity index (χ1v) is 10.8. The number of carbonyl (C=O) groups is 1. The van der Waals surface area contributed by atoms with Crippen molar-refractivity contribution in [2.75, 3.05) is 18.4 Å². The van der Waals surface area contributed by atoms with E-state index < -0.39 is 10.0 Å². The SMILES string of the molecule is O=C(CCc1ccncc1)N1CCC[C@@H](C2=NS(=O)(=O)c3ccccc3N2)C1. The van der Waals surface area contributed by atoms with Crippen molar-refractivity contribution in [1.82, 2.24) is 9.88 Å². The lowest BCUT2D eigenvalue weighted by Crippen LogP contribution is -2.44. The van der Waals surface area contributed by atoms with Gasteiger partial charge in [-0.2, -0.15) is 8.42 Å². The molecule has 1 N–H and O–H groups in total. The van der Waals surface area contributed by atoms with Crippen LogP contribution in [0.2, 0.25) is 0 Å². The molecule has 2 aromatic rings. The maximum Gasteiger partial charge on any atom is 0.286 e. The molecule has 1 fully saturated rings. The average molecular weight is 398 g/mol. The zero-order valence-electron chi connectivity index (χ0n) is 15.4. The largest absolute Gasteiger partial charge is 0.342 e. The summed E-state index contributed by atoms with van der Waals surface area (Å²) in [5.74, 6) is 0.410. The molecule has 1 aromatic carbocycles. The number of nitrogens with one attached hydrogen (secondary N) is 1. The standard InChI is InChI=1S/C20H22N4O3S/c25-19(8-7-15-9-11-21-12-10-15)24-13-3-4-16(14-24)20-22-17-5-1-2-6-18(17)28(26,27)23-20/h1-2,5-6,9-12,16H,3-4,7-8,13-14H2,(H,22,23)/t16-/m1/s1. The first-order valence-electron chi connectivity index (χ1n) is 9.40. The molecule has 0 radical (unpaired) electrons. The summed E-state index contributed by atoms with van der Waals surface area (Å²) in [7, 11) is -3.71. The van der Waals surface area contributed by atoms with Crippen molar-refractivity contribution in [1.29, 1.82) is 0 Å². The van der Waals surface area contributed by atoms with Gasteiger partial charge in [-0.3, -0.25) is 9.78 Å². The van der Waals surface area contributed by atoms with Crippen LogP contribution in [0.3, 0.4) is 0 Å². The molecular formula is C20H22N4O3S. The number of aryl methyl sites for hydroxylation is 1. The Labute approximate surface area is 164 Å². The molecule has 0 unspecified atom stereocenters. The summed E-state index contributed by atoms with van der Waals surface area (Å²) < 4.78 is 29.0. The van der Waals surface area contributed by atoms with Gasteiger partial charge < -0.3 is 10.2 Å². The molecular weight excluding hydrogens is 376 g/mol. The minimum absolute atomic E-state index is 0.0844. The fourth-order valence-corrected chi connectivity index (χ4v) is 4.90. The number of para-hydroxylation sites is 1. The minimum Gasteiger partial charge on any atom is -0.342 e. The van der Waals surface area contributed by atoms with Gasteiger partial charge in [-0.25, -0.2) is 0 Å². The molecule has 28 heavy (non-hydrogen) atoms. The Hall–Kier alpha value is -2.74. The van der Waals surface area contributed by atoms with Crippen molar-refractivity contribution in [3.05, 3.63) is 54.4 Å². The number of nitrogens with zero attached hydrogens (tertiary/aromatic N) is 3. The van der Waals surface area contributed by atoms with Gasteiger partial charge in [-0.05, 0) is 49.1 Å². The van der Waals surface area contributed by atoms with Crippen LogP contribution < -0.4 is 5.32 Å². The fourth-order valence-electron chi connectivity index (χ4n) is 3.70. The smallest absolute Gasteiger partial charge is 0.286 e. The predicted molar refractivity (Wildman–Crippen MR) is 107 cm³/mol. The summed E-state index contributed by atoms with van der Waals surface area (Å²) in [4.78, 5) is 18.7. The normalized spacial score (nSPS) is 20.6. The van der Waals surface area contributed by atoms with Gasteiger partial charge >= 0.3 is 0 Å². The highest BCUT2D eigenvalue weighted by atomic mass is 32.2. The van der Waals surface area contributed by atoms with Gasteiger partial charge in [-0.1, -0.05) is 12.1 Å². The number of likely N-dealkylation sites (tertiary alicyclic amines) is 1. The van der Waals surface area contributed by atoms with Gasteiger partial charge in [0.05, 0.1) is 5.69 Å². The van der Waals surface area contributed by atoms with Crippen LogP contribution in [-0.2, 0) is 21.2 Å². The Morgan fingerprint density at radius 2 is 1.96 bits per heavy atom. The Morgan fingerprint density at radius 1 is 1.18 bits per heavy atom. The summed E-state index contributed by atoms with van der Waals surface area (Å²) >= 11 is 0. The van der Waals surface area contributed by atoms with E-state index in [9.17, 15) is 13.2 Å². The van der Waals surface area contributed by atoms with Crippen LogP contribution >= 0.6 is 0 Å². The van der Waals surface area contributed by atoms with E-state index in [1.165, 1.54) is 0 Å². The molecule has 2 aliphatic heterocycles. The molecule has 0 aliphatic carbocycles. The quantitative estimate of drug-likeness (QED) is 0.854. The van der Waals surface area contributed by atoms with E-state index in [1.807, 2.05) is 17.0 Å². The molecule has 1 saturated heterocycles. The lowest BCUT2D eigenvalue weighted by molar-refractivity contribution is -0.132. The fraction of sp³-hybridized carbons (Fsp3) is 0.350. The predicted octanol–water partition coefficient (Wildman–Crippen LogP) is 2.47. The highest BCUT2D eigenvalue weighted by molar-refractivity contribution is 7.90. The number of piperidine rings is 1. The number of rotatable bonds is 4. The first-order chi connectivity index (χ1) is 13.5. The Kier molecular flexibility index (Phi) is 5.13. The molecule has 4 rings (SSSR count). The zero-order valence-corrected chi connectivity index (χ0v) is 16.2. The number of anilines is 1. The molecule has 3 heterocycles. The molecule has 8 heteroatoms. The van der Waals surface area contributed by atoms with Crippen LogP contribution in [0, 0.1) is 5.92 Å². The number of amides is 1. The van der Waals surface area contributed by atoms with Gasteiger partial charge in [0, 0.05) is 37.8 Å². The number of sulfonamides is 1. The molecule has 1 aromatic heterocycles. The molecule has 7 nitrogen and oxygen atoms in total. The van der Waals surface area contributed by atoms with Gasteiger partial charge in [0.1, 0.15) is 10.7 Å². The molecule has 1 amide bonds. The van der Waals surface area contributed by atoms with Crippen molar-refractivity contribution in [2.24, 2.45) is 10.3 Å². The van der Waals surface area contributed by atoms with Crippen LogP contribution in [0.15, 0.2) is 58.1 Å². The number of amidine groups is 1. The van der Waals surface area contributed by atoms with E-state index in [-0.39, 0.29) is 16.7 Å². The summed E-state index contributed by atoms with van der Waals surface area (Å²) in [5, 5.41) is 3.17. The van der Waals surface area contributed by atoms with E-state index in [0.29, 0.717) is 37.5 Å². The van der Waals surface area contributed by atoms with Gasteiger partial charge in [-0.15, -0.1) is 4.40 Å². The van der Waals surface area contributed by atoms with Crippen LogP contribution in [0.1, 0.15) is 24.8 Å². The third kappa shape index (κ3) is 3.91. The summed E-state index contributed by atoms with van der Waals surface area (Å²) in [6.07, 6.45) is 6.18. The van der Waals surface area contributed by atoms with E-state index in [1.54, 1.807) is 36.7 Å². The zero-order chi connectivity index (χ0) is 19.6. The number of pyridine rings is 1. The maximum atomic E-state index is 12.7. The number of hydrogen-bond acceptors (Lipinski definition) is 5. The number of carbonyl (C=O) groups excluding carboxylic acids is 1. The van der Waals surface area contributed by atoms with Gasteiger partial charge in [0.2, 0.25) is 5.91 Å². The van der Waals surface area contributed by atoms with Crippen molar-refractivity contribution >= 4 is 27.5 Å². The number of fused-ring (bicyclic) bond motifs is 1. The summed E-state index contributed by atoms with van der Waals surface area (Å²) in [5.41, 5.74) is 1.63. The third-order valence-corrected chi connectivity index (χ3v) is 6.53. The van der Waals surface area contributed by atoms with Crippen LogP contribution in [0.25, 0.3) is 0 Å². The second-order valence-electron chi connectivity index (χ2n) is 7.11. The lowest BCUT2D eigenvalue weighted by Gasteiger charge is -2.34. The van der Waals surface area contributed by atoms with E-state index in [2.05, 4.69) is 14.7 Å². The topological polar surface area (TPSA) is 91.7 Å². The molecule has 1 atom stereocenters. The second kappa shape index (κ2) is 7.71. The van der Waals surface area contributed by atoms with E-state index in [4.69, 9.17) is 0 Å².